The summed E-state index contributed by atoms with van der Waals surface area (Å²) in [6.07, 6.45) is 0. The molecular formula is C29H31Si. The minimum atomic E-state index is -1.14. The van der Waals surface area contributed by atoms with Crippen molar-refractivity contribution in [2.75, 3.05) is 0 Å². The molecule has 1 unspecified atom stereocenters. The van der Waals surface area contributed by atoms with Gasteiger partial charge >= 0.3 is 0 Å². The van der Waals surface area contributed by atoms with Gasteiger partial charge in [0.1, 0.15) is 8.80 Å². The number of allylic oxidation sites excluding steroid dienone is 4. The van der Waals surface area contributed by atoms with Crippen molar-refractivity contribution in [1.82, 2.24) is 0 Å². The molecule has 0 aliphatic heterocycles. The Labute approximate surface area is 183 Å². The molecule has 0 amide bonds. The van der Waals surface area contributed by atoms with Crippen LogP contribution in [0.15, 0.2) is 95.6 Å². The summed E-state index contributed by atoms with van der Waals surface area (Å²) >= 11 is 0. The van der Waals surface area contributed by atoms with Crippen LogP contribution in [-0.4, -0.2) is 8.80 Å². The van der Waals surface area contributed by atoms with Gasteiger partial charge in [0.15, 0.2) is 0 Å². The fourth-order valence-electron chi connectivity index (χ4n) is 5.17. The number of aryl methyl sites for hydroxylation is 2. The van der Waals surface area contributed by atoms with Gasteiger partial charge in [-0.2, -0.15) is 0 Å². The first-order valence-corrected chi connectivity index (χ1v) is 12.3. The van der Waals surface area contributed by atoms with Gasteiger partial charge in [0, 0.05) is 5.04 Å². The van der Waals surface area contributed by atoms with E-state index in [1.54, 1.807) is 0 Å². The average Bonchev–Trinajstić information content (AvgIpc) is 2.89. The highest BCUT2D eigenvalue weighted by molar-refractivity contribution is 6.89. The van der Waals surface area contributed by atoms with E-state index in [1.165, 1.54) is 49.4 Å². The van der Waals surface area contributed by atoms with E-state index in [4.69, 9.17) is 0 Å². The fraction of sp³-hybridized carbons (Fsp3) is 0.241. The lowest BCUT2D eigenvalue weighted by atomic mass is 9.90. The molecule has 0 saturated heterocycles. The molecule has 30 heavy (non-hydrogen) atoms. The maximum atomic E-state index is 2.50. The van der Waals surface area contributed by atoms with Crippen LogP contribution in [0.1, 0.15) is 44.4 Å². The van der Waals surface area contributed by atoms with Crippen molar-refractivity contribution in [2.45, 2.75) is 46.6 Å². The highest BCUT2D eigenvalue weighted by atomic mass is 28.3. The van der Waals surface area contributed by atoms with Gasteiger partial charge in [-0.05, 0) is 56.9 Å². The Hall–Kier alpha value is -2.64. The molecule has 1 radical (unpaired) electrons. The SMILES string of the molecule is CC1=C(C)C(C)([Si](c2cccc(C)c2)c2cccc(C)c2)C(c2ccccc2)=C1C. The predicted molar refractivity (Wildman–Crippen MR) is 133 cm³/mol. The molecular weight excluding hydrogens is 376 g/mol. The molecule has 4 rings (SSSR count). The van der Waals surface area contributed by atoms with Gasteiger partial charge < -0.3 is 0 Å². The van der Waals surface area contributed by atoms with Crippen LogP contribution in [0.5, 0.6) is 0 Å². The summed E-state index contributed by atoms with van der Waals surface area (Å²) in [5, 5.41) is 2.97. The van der Waals surface area contributed by atoms with E-state index in [-0.39, 0.29) is 5.04 Å². The Balaban J connectivity index is 2.03. The van der Waals surface area contributed by atoms with Crippen LogP contribution in [0, 0.1) is 13.8 Å². The second kappa shape index (κ2) is 7.89. The van der Waals surface area contributed by atoms with Crippen LogP contribution in [0.4, 0.5) is 0 Å². The zero-order chi connectivity index (χ0) is 21.5. The van der Waals surface area contributed by atoms with Crippen molar-refractivity contribution in [3.8, 4) is 0 Å². The molecule has 1 aliphatic rings. The van der Waals surface area contributed by atoms with Crippen molar-refractivity contribution < 1.29 is 0 Å². The minimum absolute atomic E-state index is 0.0121. The summed E-state index contributed by atoms with van der Waals surface area (Å²) in [7, 11) is -1.14. The number of benzene rings is 3. The van der Waals surface area contributed by atoms with E-state index >= 15 is 0 Å². The molecule has 151 valence electrons. The molecule has 3 aromatic carbocycles. The number of hydrogen-bond donors (Lipinski definition) is 0. The lowest BCUT2D eigenvalue weighted by Gasteiger charge is -2.39. The second-order valence-corrected chi connectivity index (χ2v) is 11.8. The van der Waals surface area contributed by atoms with Crippen LogP contribution in [0.3, 0.4) is 0 Å². The Morgan fingerprint density at radius 2 is 1.13 bits per heavy atom. The molecule has 0 heterocycles. The maximum Gasteiger partial charge on any atom is 0.136 e. The van der Waals surface area contributed by atoms with Crippen LogP contribution in [0.2, 0.25) is 5.04 Å². The third-order valence-electron chi connectivity index (χ3n) is 6.93. The Morgan fingerprint density at radius 3 is 1.63 bits per heavy atom. The first kappa shape index (κ1) is 20.6. The molecule has 0 N–H and O–H groups in total. The summed E-state index contributed by atoms with van der Waals surface area (Å²) in [5.41, 5.74) is 9.97. The molecule has 0 spiro atoms. The normalized spacial score (nSPS) is 19.2. The van der Waals surface area contributed by atoms with Crippen molar-refractivity contribution in [2.24, 2.45) is 0 Å². The van der Waals surface area contributed by atoms with E-state index in [0.29, 0.717) is 0 Å². The first-order chi connectivity index (χ1) is 14.3. The molecule has 0 fully saturated rings. The van der Waals surface area contributed by atoms with Gasteiger partial charge in [-0.3, -0.25) is 0 Å². The summed E-state index contributed by atoms with van der Waals surface area (Å²) < 4.78 is 0. The van der Waals surface area contributed by atoms with Gasteiger partial charge in [0.05, 0.1) is 0 Å². The Bertz CT molecular complexity index is 1100. The highest BCUT2D eigenvalue weighted by Gasteiger charge is 2.47. The molecule has 0 aromatic heterocycles. The third-order valence-corrected chi connectivity index (χ3v) is 10.3. The molecule has 1 atom stereocenters. The largest absolute Gasteiger partial charge is 0.136 e. The number of hydrogen-bond acceptors (Lipinski definition) is 0. The second-order valence-electron chi connectivity index (χ2n) is 8.85. The smallest absolute Gasteiger partial charge is 0.0628 e. The zero-order valence-corrected chi connectivity index (χ0v) is 20.0. The fourth-order valence-corrected chi connectivity index (χ4v) is 9.08. The lowest BCUT2D eigenvalue weighted by molar-refractivity contribution is 0.901. The zero-order valence-electron chi connectivity index (χ0n) is 19.0. The molecule has 0 bridgehead atoms. The molecule has 3 aromatic rings. The van der Waals surface area contributed by atoms with Crippen molar-refractivity contribution in [1.29, 1.82) is 0 Å². The molecule has 1 aliphatic carbocycles. The molecule has 0 nitrogen and oxygen atoms in total. The van der Waals surface area contributed by atoms with Gasteiger partial charge in [0.25, 0.3) is 0 Å². The van der Waals surface area contributed by atoms with E-state index in [9.17, 15) is 0 Å². The summed E-state index contributed by atoms with van der Waals surface area (Å²) in [4.78, 5) is 0. The summed E-state index contributed by atoms with van der Waals surface area (Å²) in [5.74, 6) is 0. The van der Waals surface area contributed by atoms with Crippen LogP contribution in [-0.2, 0) is 0 Å². The monoisotopic (exact) mass is 407 g/mol. The van der Waals surface area contributed by atoms with Gasteiger partial charge in [-0.15, -0.1) is 0 Å². The van der Waals surface area contributed by atoms with E-state index in [1.807, 2.05) is 0 Å². The summed E-state index contributed by atoms with van der Waals surface area (Å²) in [6.45, 7) is 13.9. The first-order valence-electron chi connectivity index (χ1n) is 10.8. The number of rotatable bonds is 4. The molecule has 1 heteroatoms. The van der Waals surface area contributed by atoms with Crippen LogP contribution >= 0.6 is 0 Å². The van der Waals surface area contributed by atoms with Crippen molar-refractivity contribution in [3.63, 3.8) is 0 Å². The third kappa shape index (κ3) is 3.32. The Kier molecular flexibility index (Phi) is 5.42. The predicted octanol–water partition coefficient (Wildman–Crippen LogP) is 6.50. The van der Waals surface area contributed by atoms with E-state index < -0.39 is 8.80 Å². The van der Waals surface area contributed by atoms with Crippen LogP contribution < -0.4 is 10.4 Å². The van der Waals surface area contributed by atoms with Crippen molar-refractivity contribution in [3.05, 3.63) is 112 Å². The minimum Gasteiger partial charge on any atom is -0.0628 e. The van der Waals surface area contributed by atoms with Gasteiger partial charge in [-0.25, -0.2) is 0 Å². The maximum absolute atomic E-state index is 2.50. The quantitative estimate of drug-likeness (QED) is 0.433. The van der Waals surface area contributed by atoms with Crippen molar-refractivity contribution >= 4 is 24.7 Å². The van der Waals surface area contributed by atoms with Crippen LogP contribution in [0.25, 0.3) is 5.57 Å². The Morgan fingerprint density at radius 1 is 0.600 bits per heavy atom. The average molecular weight is 408 g/mol. The molecule has 0 saturated carbocycles. The van der Waals surface area contributed by atoms with E-state index in [0.717, 1.165) is 0 Å². The standard InChI is InChI=1S/C29H31Si/c1-20-12-10-16-26(18-20)30(27-17-11-13-21(2)19-27)29(6)24(5)22(3)23(4)28(29)25-14-8-7-9-15-25/h7-19H,1-6H3. The lowest BCUT2D eigenvalue weighted by Crippen LogP contribution is -2.51. The van der Waals surface area contributed by atoms with Gasteiger partial charge in [0.2, 0.25) is 0 Å². The van der Waals surface area contributed by atoms with E-state index in [2.05, 4.69) is 120 Å². The highest BCUT2D eigenvalue weighted by Crippen LogP contribution is 2.58. The summed E-state index contributed by atoms with van der Waals surface area (Å²) in [6, 6.07) is 29.5. The van der Waals surface area contributed by atoms with Gasteiger partial charge in [-0.1, -0.05) is 113 Å². The topological polar surface area (TPSA) is 0 Å².